The third-order valence-electron chi connectivity index (χ3n) is 2.23. The van der Waals surface area contributed by atoms with E-state index in [2.05, 4.69) is 10.4 Å². The van der Waals surface area contributed by atoms with Gasteiger partial charge in [-0.05, 0) is 18.2 Å². The topological polar surface area (TPSA) is 97.4 Å². The summed E-state index contributed by atoms with van der Waals surface area (Å²) in [6.07, 6.45) is 3.43. The van der Waals surface area contributed by atoms with Crippen LogP contribution in [0.3, 0.4) is 0 Å². The number of aromatic nitrogens is 2. The highest BCUT2D eigenvalue weighted by Gasteiger charge is 2.14. The van der Waals surface area contributed by atoms with Crippen LogP contribution in [0.15, 0.2) is 35.0 Å². The summed E-state index contributed by atoms with van der Waals surface area (Å²) in [5.74, 6) is -1.93. The van der Waals surface area contributed by atoms with Gasteiger partial charge in [0.25, 0.3) is 5.91 Å². The van der Waals surface area contributed by atoms with Gasteiger partial charge in [0.15, 0.2) is 5.76 Å². The lowest BCUT2D eigenvalue weighted by Crippen LogP contribution is -2.27. The van der Waals surface area contributed by atoms with Crippen molar-refractivity contribution in [3.05, 3.63) is 42.1 Å². The van der Waals surface area contributed by atoms with E-state index in [9.17, 15) is 9.59 Å². The van der Waals surface area contributed by atoms with Gasteiger partial charge in [-0.15, -0.1) is 0 Å². The highest BCUT2D eigenvalue weighted by Crippen LogP contribution is 2.07. The number of carbonyl (C=O) groups is 2. The standard InChI is InChI=1S/C11H11N3O4/c15-10(8-2-3-9(18-8)11(16)17)12-5-7-14-6-1-4-13-14/h1-4,6H,5,7H2,(H,12,15)(H,16,17). The number of amides is 1. The molecule has 2 rings (SSSR count). The van der Waals surface area contributed by atoms with E-state index in [4.69, 9.17) is 9.52 Å². The lowest BCUT2D eigenvalue weighted by atomic mass is 10.4. The van der Waals surface area contributed by atoms with Crippen LogP contribution in [0.25, 0.3) is 0 Å². The van der Waals surface area contributed by atoms with E-state index in [0.717, 1.165) is 0 Å². The molecule has 0 spiro atoms. The average molecular weight is 249 g/mol. The second-order valence-corrected chi connectivity index (χ2v) is 3.49. The SMILES string of the molecule is O=C(O)c1ccc(C(=O)NCCn2cccn2)o1. The van der Waals surface area contributed by atoms with Gasteiger partial charge in [-0.25, -0.2) is 4.79 Å². The molecule has 0 aliphatic rings. The van der Waals surface area contributed by atoms with Gasteiger partial charge in [0.2, 0.25) is 5.76 Å². The van der Waals surface area contributed by atoms with Crippen molar-refractivity contribution in [1.82, 2.24) is 15.1 Å². The second-order valence-electron chi connectivity index (χ2n) is 3.49. The van der Waals surface area contributed by atoms with Gasteiger partial charge in [0, 0.05) is 18.9 Å². The number of hydrogen-bond donors (Lipinski definition) is 2. The van der Waals surface area contributed by atoms with Gasteiger partial charge < -0.3 is 14.8 Å². The lowest BCUT2D eigenvalue weighted by Gasteiger charge is -2.03. The Kier molecular flexibility index (Phi) is 3.42. The van der Waals surface area contributed by atoms with Crippen LogP contribution in [0.1, 0.15) is 21.1 Å². The number of carboxylic acid groups (broad SMARTS) is 1. The Hall–Kier alpha value is -2.57. The predicted molar refractivity (Wildman–Crippen MR) is 60.2 cm³/mol. The van der Waals surface area contributed by atoms with E-state index in [1.165, 1.54) is 12.1 Å². The van der Waals surface area contributed by atoms with Crippen molar-refractivity contribution in [2.24, 2.45) is 0 Å². The van der Waals surface area contributed by atoms with E-state index in [-0.39, 0.29) is 11.5 Å². The zero-order valence-electron chi connectivity index (χ0n) is 9.37. The molecule has 18 heavy (non-hydrogen) atoms. The Balaban J connectivity index is 1.85. The van der Waals surface area contributed by atoms with Crippen LogP contribution in [-0.2, 0) is 6.54 Å². The molecule has 7 nitrogen and oxygen atoms in total. The quantitative estimate of drug-likeness (QED) is 0.808. The molecule has 0 fully saturated rings. The zero-order chi connectivity index (χ0) is 13.0. The second kappa shape index (κ2) is 5.17. The first-order chi connectivity index (χ1) is 8.66. The summed E-state index contributed by atoms with van der Waals surface area (Å²) in [5.41, 5.74) is 0. The molecule has 2 aromatic heterocycles. The van der Waals surface area contributed by atoms with Gasteiger partial charge in [-0.3, -0.25) is 9.48 Å². The van der Waals surface area contributed by atoms with Crippen molar-refractivity contribution in [1.29, 1.82) is 0 Å². The van der Waals surface area contributed by atoms with Gasteiger partial charge in [-0.1, -0.05) is 0 Å². The molecule has 1 amide bonds. The number of nitrogens with zero attached hydrogens (tertiary/aromatic N) is 2. The monoisotopic (exact) mass is 249 g/mol. The Morgan fingerprint density at radius 2 is 2.17 bits per heavy atom. The third-order valence-corrected chi connectivity index (χ3v) is 2.23. The zero-order valence-corrected chi connectivity index (χ0v) is 9.37. The smallest absolute Gasteiger partial charge is 0.371 e. The molecule has 0 atom stereocenters. The fourth-order valence-electron chi connectivity index (χ4n) is 1.38. The minimum absolute atomic E-state index is 0.0205. The maximum Gasteiger partial charge on any atom is 0.371 e. The molecule has 0 aromatic carbocycles. The van der Waals surface area contributed by atoms with Crippen molar-refractivity contribution in [2.75, 3.05) is 6.54 Å². The van der Waals surface area contributed by atoms with Crippen molar-refractivity contribution < 1.29 is 19.1 Å². The number of aromatic carboxylic acids is 1. The van der Waals surface area contributed by atoms with Crippen LogP contribution < -0.4 is 5.32 Å². The molecule has 94 valence electrons. The highest BCUT2D eigenvalue weighted by molar-refractivity contribution is 5.93. The molecule has 0 radical (unpaired) electrons. The van der Waals surface area contributed by atoms with Crippen LogP contribution in [-0.4, -0.2) is 33.3 Å². The van der Waals surface area contributed by atoms with Gasteiger partial charge in [-0.2, -0.15) is 5.10 Å². The van der Waals surface area contributed by atoms with E-state index in [0.29, 0.717) is 13.1 Å². The van der Waals surface area contributed by atoms with Crippen molar-refractivity contribution in [2.45, 2.75) is 6.54 Å². The van der Waals surface area contributed by atoms with Crippen molar-refractivity contribution >= 4 is 11.9 Å². The van der Waals surface area contributed by atoms with Gasteiger partial charge >= 0.3 is 5.97 Å². The first kappa shape index (κ1) is 11.9. The molecule has 7 heteroatoms. The van der Waals surface area contributed by atoms with Crippen LogP contribution in [0.4, 0.5) is 0 Å². The van der Waals surface area contributed by atoms with Crippen LogP contribution in [0.5, 0.6) is 0 Å². The number of furan rings is 1. The van der Waals surface area contributed by atoms with Crippen molar-refractivity contribution in [3.63, 3.8) is 0 Å². The number of hydrogen-bond acceptors (Lipinski definition) is 4. The number of nitrogens with one attached hydrogen (secondary N) is 1. The van der Waals surface area contributed by atoms with E-state index >= 15 is 0 Å². The predicted octanol–water partition coefficient (Wildman–Crippen LogP) is 0.604. The summed E-state index contributed by atoms with van der Waals surface area (Å²) in [6, 6.07) is 4.35. The molecule has 0 saturated heterocycles. The molecule has 0 bridgehead atoms. The molecule has 0 unspecified atom stereocenters. The normalized spacial score (nSPS) is 10.2. The van der Waals surface area contributed by atoms with E-state index in [1.54, 1.807) is 23.1 Å². The highest BCUT2D eigenvalue weighted by atomic mass is 16.4. The Labute approximate surface area is 102 Å². The number of carboxylic acids is 1. The maximum absolute atomic E-state index is 11.6. The fourth-order valence-corrected chi connectivity index (χ4v) is 1.38. The molecule has 0 aliphatic heterocycles. The summed E-state index contributed by atoms with van der Waals surface area (Å²) in [4.78, 5) is 22.2. The molecule has 2 heterocycles. The summed E-state index contributed by atoms with van der Waals surface area (Å²) < 4.78 is 6.53. The molecule has 2 N–H and O–H groups in total. The third kappa shape index (κ3) is 2.76. The fraction of sp³-hybridized carbons (Fsp3) is 0.182. The summed E-state index contributed by atoms with van der Waals surface area (Å²) >= 11 is 0. The molecular weight excluding hydrogens is 238 g/mol. The minimum atomic E-state index is -1.20. The number of rotatable bonds is 5. The summed E-state index contributed by atoms with van der Waals surface area (Å²) in [7, 11) is 0. The van der Waals surface area contributed by atoms with Crippen LogP contribution in [0, 0.1) is 0 Å². The van der Waals surface area contributed by atoms with Crippen LogP contribution >= 0.6 is 0 Å². The molecule has 0 saturated carbocycles. The summed E-state index contributed by atoms with van der Waals surface area (Å²) in [6.45, 7) is 0.912. The largest absolute Gasteiger partial charge is 0.475 e. The first-order valence-electron chi connectivity index (χ1n) is 5.25. The minimum Gasteiger partial charge on any atom is -0.475 e. The Morgan fingerprint density at radius 3 is 2.78 bits per heavy atom. The Bertz CT molecular complexity index is 544. The van der Waals surface area contributed by atoms with Crippen LogP contribution in [0.2, 0.25) is 0 Å². The molecule has 2 aromatic rings. The van der Waals surface area contributed by atoms with Gasteiger partial charge in [0.05, 0.1) is 6.54 Å². The molecular formula is C11H11N3O4. The summed E-state index contributed by atoms with van der Waals surface area (Å²) in [5, 5.41) is 15.2. The first-order valence-corrected chi connectivity index (χ1v) is 5.25. The van der Waals surface area contributed by atoms with E-state index in [1.807, 2.05) is 0 Å². The van der Waals surface area contributed by atoms with Gasteiger partial charge in [0.1, 0.15) is 0 Å². The Morgan fingerprint density at radius 1 is 1.39 bits per heavy atom. The maximum atomic E-state index is 11.6. The molecule has 0 aliphatic carbocycles. The average Bonchev–Trinajstić information content (AvgIpc) is 2.99. The van der Waals surface area contributed by atoms with Crippen molar-refractivity contribution in [3.8, 4) is 0 Å². The van der Waals surface area contributed by atoms with E-state index < -0.39 is 11.9 Å². The number of carbonyl (C=O) groups excluding carboxylic acids is 1. The lowest BCUT2D eigenvalue weighted by molar-refractivity contribution is 0.0659.